The number of rotatable bonds is 7. The summed E-state index contributed by atoms with van der Waals surface area (Å²) in [5.41, 5.74) is 5.10. The Morgan fingerprint density at radius 2 is 2.03 bits per heavy atom. The minimum atomic E-state index is -4.62. The lowest BCUT2D eigenvalue weighted by atomic mass is 10.0. The van der Waals surface area contributed by atoms with Crippen molar-refractivity contribution in [3.63, 3.8) is 0 Å². The zero-order valence-electron chi connectivity index (χ0n) is 17.0. The van der Waals surface area contributed by atoms with Crippen molar-refractivity contribution >= 4 is 18.3 Å². The van der Waals surface area contributed by atoms with Gasteiger partial charge in [-0.15, -0.1) is 12.4 Å². The maximum absolute atomic E-state index is 13.2. The number of carbonyl (C=O) groups is 1. The summed E-state index contributed by atoms with van der Waals surface area (Å²) in [6.07, 6.45) is 0.321. The first kappa shape index (κ1) is 24.3. The Labute approximate surface area is 181 Å². The lowest BCUT2D eigenvalue weighted by Gasteiger charge is -2.28. The van der Waals surface area contributed by atoms with E-state index in [1.165, 1.54) is 6.20 Å². The van der Waals surface area contributed by atoms with E-state index in [1.807, 2.05) is 0 Å². The van der Waals surface area contributed by atoms with Crippen LogP contribution in [0.2, 0.25) is 0 Å². The highest BCUT2D eigenvalue weighted by Crippen LogP contribution is 2.31. The lowest BCUT2D eigenvalue weighted by molar-refractivity contribution is -0.141. The van der Waals surface area contributed by atoms with Crippen molar-refractivity contribution < 1.29 is 18.0 Å². The van der Waals surface area contributed by atoms with Crippen LogP contribution < -0.4 is 11.1 Å². The predicted octanol–water partition coefficient (Wildman–Crippen LogP) is 1.31. The molecule has 3 rings (SSSR count). The third kappa shape index (κ3) is 6.04. The molecule has 170 valence electrons. The standard InChI is InChI=1S/C17H22F3N9O.ClH/c1-16(2,24-15(30)11(21)4-10-6-23-28(3)8-10)9-29-13(12-7-22-27-25-12)5-14(26-29)17(18,19)20;/h5-8,11H,4,9,21H2,1-3H3,(H,24,30)(H,22,25,27);1H/t11-;/m1./s1. The molecular formula is C17H23ClF3N9O. The number of aromatic nitrogens is 7. The maximum atomic E-state index is 13.2. The van der Waals surface area contributed by atoms with Gasteiger partial charge in [-0.25, -0.2) is 0 Å². The Balaban J connectivity index is 0.00000341. The third-order valence-corrected chi connectivity index (χ3v) is 4.31. The van der Waals surface area contributed by atoms with Crippen molar-refractivity contribution in [2.24, 2.45) is 12.8 Å². The number of hydrogen-bond acceptors (Lipinski definition) is 6. The molecule has 0 aliphatic rings. The highest BCUT2D eigenvalue weighted by molar-refractivity contribution is 5.85. The highest BCUT2D eigenvalue weighted by atomic mass is 35.5. The second kappa shape index (κ2) is 9.06. The fourth-order valence-electron chi connectivity index (χ4n) is 2.97. The lowest BCUT2D eigenvalue weighted by Crippen LogP contribution is -2.53. The summed E-state index contributed by atoms with van der Waals surface area (Å²) in [7, 11) is 1.75. The van der Waals surface area contributed by atoms with E-state index in [2.05, 4.69) is 30.9 Å². The Morgan fingerprint density at radius 1 is 1.32 bits per heavy atom. The zero-order chi connectivity index (χ0) is 22.1. The number of halogens is 4. The number of carbonyl (C=O) groups excluding carboxylic acids is 1. The first-order valence-corrected chi connectivity index (χ1v) is 9.01. The summed E-state index contributed by atoms with van der Waals surface area (Å²) in [6, 6.07) is 0.0519. The molecule has 14 heteroatoms. The van der Waals surface area contributed by atoms with Crippen LogP contribution in [0.1, 0.15) is 25.1 Å². The second-order valence-corrected chi connectivity index (χ2v) is 7.63. The molecule has 3 aromatic rings. The summed E-state index contributed by atoms with van der Waals surface area (Å²) in [6.45, 7) is 3.29. The molecule has 10 nitrogen and oxygen atoms in total. The van der Waals surface area contributed by atoms with Crippen LogP contribution >= 0.6 is 12.4 Å². The van der Waals surface area contributed by atoms with Gasteiger partial charge in [-0.2, -0.15) is 38.8 Å². The smallest absolute Gasteiger partial charge is 0.348 e. The number of aromatic amines is 1. The summed E-state index contributed by atoms with van der Waals surface area (Å²) in [5, 5.41) is 20.3. The van der Waals surface area contributed by atoms with Gasteiger partial charge in [0.25, 0.3) is 0 Å². The third-order valence-electron chi connectivity index (χ3n) is 4.31. The number of amides is 1. The molecule has 0 saturated heterocycles. The Kier molecular flexibility index (Phi) is 7.11. The van der Waals surface area contributed by atoms with Crippen LogP contribution in [-0.4, -0.2) is 52.5 Å². The fourth-order valence-corrected chi connectivity index (χ4v) is 2.97. The van der Waals surface area contributed by atoms with Crippen LogP contribution in [-0.2, 0) is 31.0 Å². The second-order valence-electron chi connectivity index (χ2n) is 7.63. The van der Waals surface area contributed by atoms with Crippen molar-refractivity contribution in [2.45, 2.75) is 44.6 Å². The molecule has 4 N–H and O–H groups in total. The normalized spacial score (nSPS) is 13.0. The maximum Gasteiger partial charge on any atom is 0.435 e. The molecule has 0 radical (unpaired) electrons. The monoisotopic (exact) mass is 461 g/mol. The minimum Gasteiger partial charge on any atom is -0.348 e. The molecule has 0 aliphatic heterocycles. The summed E-state index contributed by atoms with van der Waals surface area (Å²) >= 11 is 0. The van der Waals surface area contributed by atoms with Crippen molar-refractivity contribution in [3.8, 4) is 11.4 Å². The van der Waals surface area contributed by atoms with Gasteiger partial charge in [-0.1, -0.05) is 0 Å². The van der Waals surface area contributed by atoms with Gasteiger partial charge in [-0.05, 0) is 31.9 Å². The summed E-state index contributed by atoms with van der Waals surface area (Å²) in [5.74, 6) is -0.435. The predicted molar refractivity (Wildman–Crippen MR) is 107 cm³/mol. The largest absolute Gasteiger partial charge is 0.435 e. The molecule has 0 aromatic carbocycles. The molecule has 0 bridgehead atoms. The van der Waals surface area contributed by atoms with Gasteiger partial charge in [0.2, 0.25) is 5.91 Å². The molecule has 3 heterocycles. The van der Waals surface area contributed by atoms with Gasteiger partial charge >= 0.3 is 6.18 Å². The number of alkyl halides is 3. The molecule has 1 amide bonds. The van der Waals surface area contributed by atoms with Gasteiger partial charge in [0.05, 0.1) is 36.2 Å². The van der Waals surface area contributed by atoms with E-state index >= 15 is 0 Å². The summed E-state index contributed by atoms with van der Waals surface area (Å²) in [4.78, 5) is 12.5. The van der Waals surface area contributed by atoms with Crippen molar-refractivity contribution in [1.29, 1.82) is 0 Å². The minimum absolute atomic E-state index is 0. The first-order chi connectivity index (χ1) is 13.9. The molecule has 31 heavy (non-hydrogen) atoms. The van der Waals surface area contributed by atoms with Gasteiger partial charge in [0.1, 0.15) is 5.69 Å². The highest BCUT2D eigenvalue weighted by Gasteiger charge is 2.36. The van der Waals surface area contributed by atoms with Gasteiger partial charge in [0.15, 0.2) is 5.69 Å². The number of nitrogens with zero attached hydrogens (tertiary/aromatic N) is 6. The van der Waals surface area contributed by atoms with Gasteiger partial charge in [-0.3, -0.25) is 14.2 Å². The van der Waals surface area contributed by atoms with Crippen LogP contribution in [0.5, 0.6) is 0 Å². The number of nitrogens with two attached hydrogens (primary N) is 1. The van der Waals surface area contributed by atoms with E-state index in [-0.39, 0.29) is 36.8 Å². The Morgan fingerprint density at radius 3 is 2.58 bits per heavy atom. The van der Waals surface area contributed by atoms with Crippen molar-refractivity contribution in [2.75, 3.05) is 0 Å². The van der Waals surface area contributed by atoms with E-state index in [0.717, 1.165) is 16.3 Å². The Hall–Kier alpha value is -2.93. The molecule has 3 aromatic heterocycles. The number of hydrogen-bond donors (Lipinski definition) is 3. The Bertz CT molecular complexity index is 1010. The van der Waals surface area contributed by atoms with E-state index in [1.54, 1.807) is 38.0 Å². The molecule has 1 atom stereocenters. The SMILES string of the molecule is Cl.Cn1cc(C[C@@H](N)C(=O)NC(C)(C)Cn2nc(C(F)(F)F)cc2-c2cn[nH]n2)cn1. The van der Waals surface area contributed by atoms with E-state index in [9.17, 15) is 18.0 Å². The average Bonchev–Trinajstić information content (AvgIpc) is 3.34. The van der Waals surface area contributed by atoms with Gasteiger partial charge in [0, 0.05) is 13.2 Å². The van der Waals surface area contributed by atoms with Gasteiger partial charge < -0.3 is 11.1 Å². The van der Waals surface area contributed by atoms with Crippen molar-refractivity contribution in [3.05, 3.63) is 35.9 Å². The van der Waals surface area contributed by atoms with Crippen LogP contribution in [0.4, 0.5) is 13.2 Å². The first-order valence-electron chi connectivity index (χ1n) is 9.01. The van der Waals surface area contributed by atoms with Crippen LogP contribution in [0.15, 0.2) is 24.7 Å². The number of H-pyrrole nitrogens is 1. The molecule has 0 fully saturated rings. The van der Waals surface area contributed by atoms with Crippen LogP contribution in [0.25, 0.3) is 11.4 Å². The van der Waals surface area contributed by atoms with E-state index < -0.39 is 29.4 Å². The molecule has 0 unspecified atom stereocenters. The van der Waals surface area contributed by atoms with Crippen LogP contribution in [0, 0.1) is 0 Å². The molecule has 0 spiro atoms. The molecule has 0 saturated carbocycles. The van der Waals surface area contributed by atoms with Crippen molar-refractivity contribution in [1.82, 2.24) is 40.3 Å². The molecular weight excluding hydrogens is 439 g/mol. The fraction of sp³-hybridized carbons (Fsp3) is 0.471. The molecule has 0 aliphatic carbocycles. The summed E-state index contributed by atoms with van der Waals surface area (Å²) < 4.78 is 42.3. The average molecular weight is 462 g/mol. The van der Waals surface area contributed by atoms with E-state index in [4.69, 9.17) is 5.73 Å². The van der Waals surface area contributed by atoms with E-state index in [0.29, 0.717) is 0 Å². The topological polar surface area (TPSA) is 132 Å². The van der Waals surface area contributed by atoms with Crippen LogP contribution in [0.3, 0.4) is 0 Å². The quantitative estimate of drug-likeness (QED) is 0.486. The number of aryl methyl sites for hydroxylation is 1. The number of nitrogens with one attached hydrogen (secondary N) is 2. The zero-order valence-corrected chi connectivity index (χ0v) is 17.8.